The number of allylic oxidation sites excluding steroid dienone is 4. The van der Waals surface area contributed by atoms with Crippen molar-refractivity contribution in [2.24, 2.45) is 0 Å². The summed E-state index contributed by atoms with van der Waals surface area (Å²) in [5.41, 5.74) is 20.2. The summed E-state index contributed by atoms with van der Waals surface area (Å²) in [6.45, 7) is 4.74. The van der Waals surface area contributed by atoms with Crippen LogP contribution in [-0.4, -0.2) is 9.13 Å². The minimum Gasteiger partial charge on any atom is -0.309 e. The van der Waals surface area contributed by atoms with Crippen LogP contribution in [0.1, 0.15) is 43.4 Å². The summed E-state index contributed by atoms with van der Waals surface area (Å²) in [6, 6.07) is 65.7. The van der Waals surface area contributed by atoms with E-state index < -0.39 is 0 Å². The Kier molecular flexibility index (Phi) is 7.43. The smallest absolute Gasteiger partial charge is 0.0541 e. The monoisotopic (exact) mass is 754 g/mol. The molecular weight excluding hydrogens is 713 g/mol. The summed E-state index contributed by atoms with van der Waals surface area (Å²) in [5.74, 6) is 0. The third-order valence-corrected chi connectivity index (χ3v) is 13.2. The SMILES string of the molecule is CC1(C)c2ccc(-c3ccccc3)cc2-c2cc(-n3c4ccc(C5=CC=CCC5)cc4c4cc(-c5cccc(-n6c7ccccc7c7ccccc76)c5)ccc43)ccc21. The highest BCUT2D eigenvalue weighted by atomic mass is 15.0. The summed E-state index contributed by atoms with van der Waals surface area (Å²) < 4.78 is 4.90. The first-order valence-electron chi connectivity index (χ1n) is 20.9. The van der Waals surface area contributed by atoms with E-state index >= 15 is 0 Å². The molecule has 12 rings (SSSR count). The van der Waals surface area contributed by atoms with Crippen LogP contribution >= 0.6 is 0 Å². The van der Waals surface area contributed by atoms with Crippen molar-refractivity contribution in [1.29, 1.82) is 0 Å². The number of fused-ring (bicyclic) bond motifs is 9. The minimum absolute atomic E-state index is 0.0844. The maximum atomic E-state index is 2.49. The first-order chi connectivity index (χ1) is 29.0. The van der Waals surface area contributed by atoms with Gasteiger partial charge < -0.3 is 9.13 Å². The molecule has 0 N–H and O–H groups in total. The van der Waals surface area contributed by atoms with Crippen molar-refractivity contribution in [3.63, 3.8) is 0 Å². The zero-order valence-corrected chi connectivity index (χ0v) is 33.3. The topological polar surface area (TPSA) is 9.86 Å². The van der Waals surface area contributed by atoms with Gasteiger partial charge in [-0.3, -0.25) is 0 Å². The Labute approximate surface area is 344 Å². The Hall–Kier alpha value is -7.16. The third kappa shape index (κ3) is 5.19. The van der Waals surface area contributed by atoms with Gasteiger partial charge in [-0.15, -0.1) is 0 Å². The highest BCUT2D eigenvalue weighted by Crippen LogP contribution is 2.51. The van der Waals surface area contributed by atoms with Gasteiger partial charge >= 0.3 is 0 Å². The van der Waals surface area contributed by atoms with Crippen molar-refractivity contribution in [1.82, 2.24) is 9.13 Å². The van der Waals surface area contributed by atoms with Gasteiger partial charge in [0.15, 0.2) is 0 Å². The Morgan fingerprint density at radius 2 is 0.949 bits per heavy atom. The summed E-state index contributed by atoms with van der Waals surface area (Å²) in [7, 11) is 0. The van der Waals surface area contributed by atoms with Crippen molar-refractivity contribution >= 4 is 49.2 Å². The van der Waals surface area contributed by atoms with Crippen LogP contribution in [0.3, 0.4) is 0 Å². The highest BCUT2D eigenvalue weighted by Gasteiger charge is 2.36. The quantitative estimate of drug-likeness (QED) is 0.166. The number of rotatable bonds is 5. The average molecular weight is 755 g/mol. The van der Waals surface area contributed by atoms with Crippen LogP contribution in [-0.2, 0) is 5.41 Å². The van der Waals surface area contributed by atoms with Crippen LogP contribution in [0.4, 0.5) is 0 Å². The zero-order valence-electron chi connectivity index (χ0n) is 33.3. The Balaban J connectivity index is 1.04. The normalized spacial score (nSPS) is 14.3. The molecule has 0 aliphatic heterocycles. The van der Waals surface area contributed by atoms with Crippen LogP contribution in [0.25, 0.3) is 93.9 Å². The van der Waals surface area contributed by atoms with E-state index in [9.17, 15) is 0 Å². The van der Waals surface area contributed by atoms with Crippen LogP contribution in [0, 0.1) is 0 Å². The van der Waals surface area contributed by atoms with Crippen LogP contribution < -0.4 is 0 Å². The largest absolute Gasteiger partial charge is 0.309 e. The number of aromatic nitrogens is 2. The van der Waals surface area contributed by atoms with E-state index in [1.807, 2.05) is 0 Å². The van der Waals surface area contributed by atoms with E-state index in [0.717, 1.165) is 12.8 Å². The van der Waals surface area contributed by atoms with Gasteiger partial charge in [0.2, 0.25) is 0 Å². The Morgan fingerprint density at radius 1 is 0.407 bits per heavy atom. The molecule has 0 radical (unpaired) electrons. The van der Waals surface area contributed by atoms with E-state index in [2.05, 4.69) is 217 Å². The molecule has 2 aliphatic rings. The molecule has 0 saturated heterocycles. The Morgan fingerprint density at radius 3 is 1.66 bits per heavy atom. The van der Waals surface area contributed by atoms with E-state index in [4.69, 9.17) is 0 Å². The Bertz CT molecular complexity index is 3350. The van der Waals surface area contributed by atoms with Gasteiger partial charge in [-0.2, -0.15) is 0 Å². The van der Waals surface area contributed by atoms with Gasteiger partial charge in [-0.25, -0.2) is 0 Å². The molecule has 0 atom stereocenters. The summed E-state index contributed by atoms with van der Waals surface area (Å²) in [4.78, 5) is 0. The van der Waals surface area contributed by atoms with E-state index in [-0.39, 0.29) is 5.41 Å². The molecule has 0 unspecified atom stereocenters. The second-order valence-electron chi connectivity index (χ2n) is 16.9. The average Bonchev–Trinajstić information content (AvgIpc) is 3.89. The minimum atomic E-state index is -0.0844. The molecule has 2 heteroatoms. The second-order valence-corrected chi connectivity index (χ2v) is 16.9. The predicted octanol–water partition coefficient (Wildman–Crippen LogP) is 15.3. The van der Waals surface area contributed by atoms with Crippen molar-refractivity contribution in [2.75, 3.05) is 0 Å². The first-order valence-corrected chi connectivity index (χ1v) is 20.9. The van der Waals surface area contributed by atoms with Crippen LogP contribution in [0.5, 0.6) is 0 Å². The lowest BCUT2D eigenvalue weighted by Crippen LogP contribution is -2.14. The second kappa shape index (κ2) is 12.9. The fraction of sp³-hybridized carbons (Fsp3) is 0.0877. The number of hydrogen-bond donors (Lipinski definition) is 0. The van der Waals surface area contributed by atoms with E-state index in [0.29, 0.717) is 0 Å². The first kappa shape index (κ1) is 33.9. The summed E-state index contributed by atoms with van der Waals surface area (Å²) >= 11 is 0. The number of nitrogens with zero attached hydrogens (tertiary/aromatic N) is 2. The summed E-state index contributed by atoms with van der Waals surface area (Å²) in [5, 5.41) is 5.09. The van der Waals surface area contributed by atoms with E-state index in [1.165, 1.54) is 111 Å². The van der Waals surface area contributed by atoms with Crippen LogP contribution in [0.2, 0.25) is 0 Å². The van der Waals surface area contributed by atoms with Crippen molar-refractivity contribution < 1.29 is 0 Å². The molecule has 0 fully saturated rings. The van der Waals surface area contributed by atoms with Gasteiger partial charge in [0, 0.05) is 38.3 Å². The number of benzene rings is 8. The van der Waals surface area contributed by atoms with Crippen LogP contribution in [0.15, 0.2) is 194 Å². The highest BCUT2D eigenvalue weighted by molar-refractivity contribution is 6.12. The summed E-state index contributed by atoms with van der Waals surface area (Å²) in [6.07, 6.45) is 8.91. The molecule has 0 bridgehead atoms. The lowest BCUT2D eigenvalue weighted by molar-refractivity contribution is 0.660. The van der Waals surface area contributed by atoms with Gasteiger partial charge in [-0.05, 0) is 135 Å². The van der Waals surface area contributed by atoms with Crippen molar-refractivity contribution in [3.8, 4) is 44.8 Å². The molecule has 2 aromatic heterocycles. The molecule has 2 aliphatic carbocycles. The fourth-order valence-corrected chi connectivity index (χ4v) is 10.3. The van der Waals surface area contributed by atoms with Gasteiger partial charge in [0.05, 0.1) is 22.1 Å². The molecule has 280 valence electrons. The van der Waals surface area contributed by atoms with Crippen molar-refractivity contribution in [2.45, 2.75) is 32.1 Å². The predicted molar refractivity (Wildman–Crippen MR) is 250 cm³/mol. The van der Waals surface area contributed by atoms with E-state index in [1.54, 1.807) is 0 Å². The zero-order chi connectivity index (χ0) is 39.2. The van der Waals surface area contributed by atoms with Gasteiger partial charge in [0.25, 0.3) is 0 Å². The fourth-order valence-electron chi connectivity index (χ4n) is 10.3. The molecular formula is C57H42N2. The molecule has 2 nitrogen and oxygen atoms in total. The maximum absolute atomic E-state index is 2.49. The molecule has 2 heterocycles. The number of para-hydroxylation sites is 2. The third-order valence-electron chi connectivity index (χ3n) is 13.2. The maximum Gasteiger partial charge on any atom is 0.0541 e. The lowest BCUT2D eigenvalue weighted by atomic mass is 9.82. The van der Waals surface area contributed by atoms with Crippen molar-refractivity contribution in [3.05, 3.63) is 211 Å². The molecule has 0 saturated carbocycles. The molecule has 8 aromatic carbocycles. The van der Waals surface area contributed by atoms with Gasteiger partial charge in [0.1, 0.15) is 0 Å². The number of hydrogen-bond acceptors (Lipinski definition) is 0. The molecule has 0 spiro atoms. The van der Waals surface area contributed by atoms with Gasteiger partial charge in [-0.1, -0.05) is 141 Å². The standard InChI is InChI=1S/C57H42N2/c1-57(2)51-28-24-40(37-14-5-3-6-15-37)33-47(51)48-36-44(27-29-52(48)57)59-55-30-25-41(38-16-7-4-8-17-38)34-49(55)50-35-42(26-31-56(50)59)39-18-13-19-43(32-39)58-53-22-11-9-20-45(53)46-21-10-12-23-54(46)58/h3-7,9-16,18-36H,8,17H2,1-2H3. The lowest BCUT2D eigenvalue weighted by Gasteiger charge is -2.22. The molecule has 59 heavy (non-hydrogen) atoms. The molecule has 10 aromatic rings. The molecule has 0 amide bonds.